The maximum Gasteiger partial charge on any atom is 0.256 e. The van der Waals surface area contributed by atoms with Crippen LogP contribution < -0.4 is 5.32 Å². The Balaban J connectivity index is 2.18. The molecule has 1 amide bonds. The van der Waals surface area contributed by atoms with Crippen molar-refractivity contribution in [2.45, 2.75) is 5.33 Å². The third kappa shape index (κ3) is 4.03. The molecule has 0 aliphatic carbocycles. The Morgan fingerprint density at radius 2 is 1.84 bits per heavy atom. The molecule has 2 aromatic carbocycles. The molecule has 2 aromatic rings. The van der Waals surface area contributed by atoms with E-state index in [9.17, 15) is 4.79 Å². The molecule has 0 aliphatic heterocycles. The topological polar surface area (TPSA) is 29.1 Å². The summed E-state index contributed by atoms with van der Waals surface area (Å²) in [6, 6.07) is 13.4. The number of alkyl halides is 1. The van der Waals surface area contributed by atoms with Gasteiger partial charge in [0.2, 0.25) is 0 Å². The fourth-order valence-corrected chi connectivity index (χ4v) is 2.84. The SMILES string of the molecule is O=C(Nc1ccc(CBr)cc1)c1cc(I)ccc1Br. The number of rotatable bonds is 3. The number of benzene rings is 2. The Morgan fingerprint density at radius 1 is 1.16 bits per heavy atom. The van der Waals surface area contributed by atoms with Gasteiger partial charge in [-0.2, -0.15) is 0 Å². The van der Waals surface area contributed by atoms with E-state index in [1.807, 2.05) is 42.5 Å². The van der Waals surface area contributed by atoms with Crippen LogP contribution in [0, 0.1) is 3.57 Å². The molecule has 19 heavy (non-hydrogen) atoms. The van der Waals surface area contributed by atoms with E-state index in [0.29, 0.717) is 5.56 Å². The molecular formula is C14H10Br2INO. The van der Waals surface area contributed by atoms with E-state index in [1.54, 1.807) is 0 Å². The predicted octanol–water partition coefficient (Wildman–Crippen LogP) is 5.20. The van der Waals surface area contributed by atoms with Gasteiger partial charge in [-0.05, 0) is 74.4 Å². The van der Waals surface area contributed by atoms with Crippen LogP contribution in [0.4, 0.5) is 5.69 Å². The van der Waals surface area contributed by atoms with Crippen molar-refractivity contribution < 1.29 is 4.79 Å². The average Bonchev–Trinajstić information content (AvgIpc) is 2.42. The summed E-state index contributed by atoms with van der Waals surface area (Å²) in [5, 5.41) is 3.70. The molecule has 0 spiro atoms. The lowest BCUT2D eigenvalue weighted by atomic mass is 10.2. The third-order valence-corrected chi connectivity index (χ3v) is 4.55. The van der Waals surface area contributed by atoms with E-state index in [2.05, 4.69) is 59.8 Å². The Labute approximate surface area is 142 Å². The summed E-state index contributed by atoms with van der Waals surface area (Å²) in [6.45, 7) is 0. The highest BCUT2D eigenvalue weighted by Crippen LogP contribution is 2.21. The maximum absolute atomic E-state index is 12.2. The largest absolute Gasteiger partial charge is 0.322 e. The van der Waals surface area contributed by atoms with E-state index in [-0.39, 0.29) is 5.91 Å². The van der Waals surface area contributed by atoms with E-state index >= 15 is 0 Å². The van der Waals surface area contributed by atoms with Gasteiger partial charge in [-0.15, -0.1) is 0 Å². The number of hydrogen-bond acceptors (Lipinski definition) is 1. The number of carbonyl (C=O) groups excluding carboxylic acids is 1. The second-order valence-corrected chi connectivity index (χ2v) is 6.57. The highest BCUT2D eigenvalue weighted by atomic mass is 127. The molecule has 0 aromatic heterocycles. The monoisotopic (exact) mass is 493 g/mol. The Kier molecular flexibility index (Phi) is 5.41. The van der Waals surface area contributed by atoms with Crippen LogP contribution in [0.3, 0.4) is 0 Å². The first kappa shape index (κ1) is 15.0. The van der Waals surface area contributed by atoms with Gasteiger partial charge >= 0.3 is 0 Å². The fraction of sp³-hybridized carbons (Fsp3) is 0.0714. The first-order chi connectivity index (χ1) is 9.10. The van der Waals surface area contributed by atoms with Crippen LogP contribution in [0.15, 0.2) is 46.9 Å². The van der Waals surface area contributed by atoms with Crippen molar-refractivity contribution in [1.82, 2.24) is 0 Å². The van der Waals surface area contributed by atoms with Crippen LogP contribution in [0.25, 0.3) is 0 Å². The first-order valence-electron chi connectivity index (χ1n) is 5.51. The predicted molar refractivity (Wildman–Crippen MR) is 93.9 cm³/mol. The van der Waals surface area contributed by atoms with Gasteiger partial charge in [0.15, 0.2) is 0 Å². The van der Waals surface area contributed by atoms with E-state index in [0.717, 1.165) is 19.1 Å². The molecule has 2 rings (SSSR count). The molecule has 0 saturated carbocycles. The molecule has 0 bridgehead atoms. The van der Waals surface area contributed by atoms with Gasteiger partial charge < -0.3 is 5.32 Å². The van der Waals surface area contributed by atoms with Crippen molar-refractivity contribution in [3.63, 3.8) is 0 Å². The Bertz CT molecular complexity index is 599. The Hall–Kier alpha value is -0.400. The van der Waals surface area contributed by atoms with Crippen molar-refractivity contribution in [3.05, 3.63) is 61.6 Å². The Morgan fingerprint density at radius 3 is 2.47 bits per heavy atom. The van der Waals surface area contributed by atoms with Gasteiger partial charge in [0.05, 0.1) is 5.56 Å². The molecule has 0 atom stereocenters. The second kappa shape index (κ2) is 6.85. The lowest BCUT2D eigenvalue weighted by molar-refractivity contribution is 0.102. The van der Waals surface area contributed by atoms with Crippen LogP contribution >= 0.6 is 54.5 Å². The molecule has 0 saturated heterocycles. The quantitative estimate of drug-likeness (QED) is 0.461. The summed E-state index contributed by atoms with van der Waals surface area (Å²) < 4.78 is 1.82. The van der Waals surface area contributed by atoms with Gasteiger partial charge in [0.1, 0.15) is 0 Å². The number of nitrogens with one attached hydrogen (secondary N) is 1. The molecule has 1 N–H and O–H groups in total. The van der Waals surface area contributed by atoms with Crippen molar-refractivity contribution in [2.75, 3.05) is 5.32 Å². The molecule has 0 heterocycles. The smallest absolute Gasteiger partial charge is 0.256 e. The summed E-state index contributed by atoms with van der Waals surface area (Å²) in [5.41, 5.74) is 2.60. The molecule has 2 nitrogen and oxygen atoms in total. The summed E-state index contributed by atoms with van der Waals surface area (Å²) in [4.78, 5) is 12.2. The minimum atomic E-state index is -0.114. The van der Waals surface area contributed by atoms with Crippen LogP contribution in [-0.2, 0) is 5.33 Å². The highest BCUT2D eigenvalue weighted by Gasteiger charge is 2.10. The van der Waals surface area contributed by atoms with Gasteiger partial charge in [-0.25, -0.2) is 0 Å². The van der Waals surface area contributed by atoms with Crippen molar-refractivity contribution >= 4 is 66.0 Å². The zero-order valence-electron chi connectivity index (χ0n) is 9.79. The molecular weight excluding hydrogens is 485 g/mol. The molecule has 5 heteroatoms. The van der Waals surface area contributed by atoms with E-state index < -0.39 is 0 Å². The summed E-state index contributed by atoms with van der Waals surface area (Å²) in [7, 11) is 0. The number of hydrogen-bond donors (Lipinski definition) is 1. The standard InChI is InChI=1S/C14H10Br2INO/c15-8-9-1-4-11(5-2-9)18-14(19)12-7-10(17)3-6-13(12)16/h1-7H,8H2,(H,18,19). The lowest BCUT2D eigenvalue weighted by Gasteiger charge is -2.08. The van der Waals surface area contributed by atoms with E-state index in [4.69, 9.17) is 0 Å². The summed E-state index contributed by atoms with van der Waals surface area (Å²) in [5.74, 6) is -0.114. The minimum Gasteiger partial charge on any atom is -0.322 e. The fourth-order valence-electron chi connectivity index (χ4n) is 1.55. The van der Waals surface area contributed by atoms with Crippen LogP contribution in [0.1, 0.15) is 15.9 Å². The average molecular weight is 495 g/mol. The van der Waals surface area contributed by atoms with Gasteiger partial charge in [0.25, 0.3) is 5.91 Å². The number of anilines is 1. The van der Waals surface area contributed by atoms with Crippen molar-refractivity contribution in [1.29, 1.82) is 0 Å². The van der Waals surface area contributed by atoms with Gasteiger partial charge in [-0.3, -0.25) is 4.79 Å². The highest BCUT2D eigenvalue weighted by molar-refractivity contribution is 14.1. The first-order valence-corrected chi connectivity index (χ1v) is 8.51. The maximum atomic E-state index is 12.2. The van der Waals surface area contributed by atoms with Crippen LogP contribution in [0.5, 0.6) is 0 Å². The van der Waals surface area contributed by atoms with Crippen LogP contribution in [-0.4, -0.2) is 5.91 Å². The number of halogens is 3. The third-order valence-electron chi connectivity index (χ3n) is 2.54. The number of carbonyl (C=O) groups is 1. The van der Waals surface area contributed by atoms with Crippen LogP contribution in [0.2, 0.25) is 0 Å². The summed E-state index contributed by atoms with van der Waals surface area (Å²) >= 11 is 8.98. The number of amides is 1. The van der Waals surface area contributed by atoms with E-state index in [1.165, 1.54) is 5.56 Å². The molecule has 0 aliphatic rings. The summed E-state index contributed by atoms with van der Waals surface area (Å²) in [6.07, 6.45) is 0. The van der Waals surface area contributed by atoms with Gasteiger partial charge in [-0.1, -0.05) is 28.1 Å². The molecule has 0 radical (unpaired) electrons. The lowest BCUT2D eigenvalue weighted by Crippen LogP contribution is -2.12. The normalized spacial score (nSPS) is 10.3. The zero-order valence-corrected chi connectivity index (χ0v) is 15.1. The molecule has 0 fully saturated rings. The molecule has 0 unspecified atom stereocenters. The molecule has 98 valence electrons. The van der Waals surface area contributed by atoms with Gasteiger partial charge in [0, 0.05) is 19.1 Å². The van der Waals surface area contributed by atoms with Crippen molar-refractivity contribution in [3.8, 4) is 0 Å². The van der Waals surface area contributed by atoms with Crippen molar-refractivity contribution in [2.24, 2.45) is 0 Å². The second-order valence-electron chi connectivity index (χ2n) is 3.91. The minimum absolute atomic E-state index is 0.114. The zero-order chi connectivity index (χ0) is 13.8.